The van der Waals surface area contributed by atoms with Crippen LogP contribution in [0.5, 0.6) is 23.0 Å². The molecule has 8 heteroatoms. The van der Waals surface area contributed by atoms with Gasteiger partial charge in [-0.25, -0.2) is 4.98 Å². The first kappa shape index (κ1) is 29.5. The Morgan fingerprint density at radius 1 is 0.739 bits per heavy atom. The zero-order valence-corrected chi connectivity index (χ0v) is 26.0. The molecule has 234 valence electrons. The summed E-state index contributed by atoms with van der Waals surface area (Å²) in [6, 6.07) is 32.3. The van der Waals surface area contributed by atoms with Crippen molar-refractivity contribution in [1.29, 1.82) is 0 Å². The van der Waals surface area contributed by atoms with Crippen LogP contribution in [0.2, 0.25) is 0 Å². The zero-order chi connectivity index (χ0) is 31.3. The van der Waals surface area contributed by atoms with Crippen LogP contribution in [0.15, 0.2) is 97.1 Å². The maximum atomic E-state index is 14.2. The number of carbonyl (C=O) groups is 1. The standard InChI is InChI=1S/C38H37N3O5/c1-2-3-20-41-31(37(29-10-6-4-7-11-29)39-38(41)30-12-8-5-9-13-30)16-19-36(42)40(23-27-14-17-32-34(21-27)45-25-43-32)24-28-15-18-33-35(22-28)46-26-44-33/h4-15,17-18,21-22H,2-3,16,19-20,23-26H2,1H3. The lowest BCUT2D eigenvalue weighted by atomic mass is 10.1. The molecule has 5 aromatic rings. The van der Waals surface area contributed by atoms with Crippen LogP contribution < -0.4 is 18.9 Å². The van der Waals surface area contributed by atoms with Gasteiger partial charge < -0.3 is 28.4 Å². The fourth-order valence-electron chi connectivity index (χ4n) is 6.07. The van der Waals surface area contributed by atoms with Crippen LogP contribution >= 0.6 is 0 Å². The number of hydrogen-bond acceptors (Lipinski definition) is 6. The smallest absolute Gasteiger partial charge is 0.231 e. The Hall–Kier alpha value is -5.24. The highest BCUT2D eigenvalue weighted by Gasteiger charge is 2.24. The maximum absolute atomic E-state index is 14.2. The fourth-order valence-corrected chi connectivity index (χ4v) is 6.07. The fraction of sp³-hybridized carbons (Fsp3) is 0.263. The molecule has 0 aliphatic carbocycles. The van der Waals surface area contributed by atoms with E-state index in [0.717, 1.165) is 70.4 Å². The molecule has 0 fully saturated rings. The number of carbonyl (C=O) groups excluding carboxylic acids is 1. The number of hydrogen-bond donors (Lipinski definition) is 0. The molecule has 7 rings (SSSR count). The van der Waals surface area contributed by atoms with Crippen LogP contribution in [-0.2, 0) is 30.8 Å². The van der Waals surface area contributed by atoms with Crippen molar-refractivity contribution >= 4 is 5.91 Å². The maximum Gasteiger partial charge on any atom is 0.231 e. The van der Waals surface area contributed by atoms with Crippen molar-refractivity contribution in [3.05, 3.63) is 114 Å². The molecule has 0 spiro atoms. The number of unbranched alkanes of at least 4 members (excludes halogenated alkanes) is 1. The quantitative estimate of drug-likeness (QED) is 0.144. The van der Waals surface area contributed by atoms with Crippen LogP contribution in [0.1, 0.15) is 43.0 Å². The molecule has 4 aromatic carbocycles. The van der Waals surface area contributed by atoms with Gasteiger partial charge in [0.15, 0.2) is 23.0 Å². The molecule has 1 aromatic heterocycles. The molecule has 0 N–H and O–H groups in total. The van der Waals surface area contributed by atoms with Gasteiger partial charge in [-0.3, -0.25) is 4.79 Å². The van der Waals surface area contributed by atoms with Crippen molar-refractivity contribution in [2.75, 3.05) is 13.6 Å². The Kier molecular flexibility index (Phi) is 8.59. The molecule has 0 saturated carbocycles. The number of fused-ring (bicyclic) bond motifs is 2. The Morgan fingerprint density at radius 2 is 1.30 bits per heavy atom. The lowest BCUT2D eigenvalue weighted by molar-refractivity contribution is -0.132. The van der Waals surface area contributed by atoms with Crippen LogP contribution in [0, 0.1) is 0 Å². The normalized spacial score (nSPS) is 12.8. The summed E-state index contributed by atoms with van der Waals surface area (Å²) in [5.74, 6) is 3.84. The van der Waals surface area contributed by atoms with Gasteiger partial charge in [-0.15, -0.1) is 0 Å². The second-order valence-electron chi connectivity index (χ2n) is 11.6. The van der Waals surface area contributed by atoms with E-state index in [-0.39, 0.29) is 19.5 Å². The zero-order valence-electron chi connectivity index (χ0n) is 26.0. The predicted molar refractivity (Wildman–Crippen MR) is 176 cm³/mol. The molecule has 0 radical (unpaired) electrons. The average Bonchev–Trinajstić information content (AvgIpc) is 3.85. The molecule has 1 amide bonds. The average molecular weight is 616 g/mol. The van der Waals surface area contributed by atoms with Crippen LogP contribution in [-0.4, -0.2) is 33.9 Å². The minimum Gasteiger partial charge on any atom is -0.454 e. The Bertz CT molecular complexity index is 1760. The summed E-state index contributed by atoms with van der Waals surface area (Å²) in [5, 5.41) is 0. The van der Waals surface area contributed by atoms with Crippen LogP contribution in [0.4, 0.5) is 0 Å². The van der Waals surface area contributed by atoms with Crippen molar-refractivity contribution in [1.82, 2.24) is 14.5 Å². The topological polar surface area (TPSA) is 75.1 Å². The molecule has 0 saturated heterocycles. The molecule has 2 aliphatic heterocycles. The molecule has 0 unspecified atom stereocenters. The van der Waals surface area contributed by atoms with E-state index in [9.17, 15) is 4.79 Å². The first-order valence-corrected chi connectivity index (χ1v) is 15.9. The summed E-state index contributed by atoms with van der Waals surface area (Å²) in [4.78, 5) is 21.3. The lowest BCUT2D eigenvalue weighted by Crippen LogP contribution is -2.30. The second kappa shape index (κ2) is 13.4. The van der Waals surface area contributed by atoms with Gasteiger partial charge in [-0.05, 0) is 48.2 Å². The molecule has 0 atom stereocenters. The Morgan fingerprint density at radius 3 is 1.89 bits per heavy atom. The predicted octanol–water partition coefficient (Wildman–Crippen LogP) is 7.64. The van der Waals surface area contributed by atoms with Crippen molar-refractivity contribution < 1.29 is 23.7 Å². The van der Waals surface area contributed by atoms with Gasteiger partial charge in [-0.2, -0.15) is 0 Å². The van der Waals surface area contributed by atoms with Gasteiger partial charge in [0.1, 0.15) is 5.82 Å². The summed E-state index contributed by atoms with van der Waals surface area (Å²) in [6.07, 6.45) is 2.97. The van der Waals surface area contributed by atoms with Gasteiger partial charge in [0.2, 0.25) is 19.5 Å². The Balaban J connectivity index is 1.20. The summed E-state index contributed by atoms with van der Waals surface area (Å²) in [5.41, 5.74) is 6.08. The molecule has 0 bridgehead atoms. The summed E-state index contributed by atoms with van der Waals surface area (Å²) in [7, 11) is 0. The molecular formula is C38H37N3O5. The highest BCUT2D eigenvalue weighted by molar-refractivity contribution is 5.77. The minimum atomic E-state index is 0.0545. The van der Waals surface area contributed by atoms with Gasteiger partial charge in [0, 0.05) is 42.9 Å². The molecule has 3 heterocycles. The van der Waals surface area contributed by atoms with Gasteiger partial charge >= 0.3 is 0 Å². The highest BCUT2D eigenvalue weighted by Crippen LogP contribution is 2.35. The molecular weight excluding hydrogens is 578 g/mol. The monoisotopic (exact) mass is 615 g/mol. The SMILES string of the molecule is CCCCn1c(-c2ccccc2)nc(-c2ccccc2)c1CCC(=O)N(Cc1ccc2c(c1)OCO2)Cc1ccc2c(c1)OCO2. The van der Waals surface area contributed by atoms with E-state index in [1.807, 2.05) is 77.7 Å². The van der Waals surface area contributed by atoms with Crippen LogP contribution in [0.25, 0.3) is 22.6 Å². The molecule has 2 aliphatic rings. The number of aromatic nitrogens is 2. The molecule has 8 nitrogen and oxygen atoms in total. The first-order chi connectivity index (χ1) is 22.7. The molecule has 46 heavy (non-hydrogen) atoms. The van der Waals surface area contributed by atoms with Crippen LogP contribution in [0.3, 0.4) is 0 Å². The van der Waals surface area contributed by atoms with E-state index >= 15 is 0 Å². The summed E-state index contributed by atoms with van der Waals surface area (Å²) < 4.78 is 24.6. The number of benzene rings is 4. The summed E-state index contributed by atoms with van der Waals surface area (Å²) >= 11 is 0. The van der Waals surface area contributed by atoms with E-state index in [2.05, 4.69) is 35.8 Å². The number of amides is 1. The largest absolute Gasteiger partial charge is 0.454 e. The summed E-state index contributed by atoms with van der Waals surface area (Å²) in [6.45, 7) is 4.31. The van der Waals surface area contributed by atoms with E-state index in [0.29, 0.717) is 37.4 Å². The van der Waals surface area contributed by atoms with E-state index in [4.69, 9.17) is 23.9 Å². The minimum absolute atomic E-state index is 0.0545. The van der Waals surface area contributed by atoms with Crippen molar-refractivity contribution in [2.45, 2.75) is 52.2 Å². The number of nitrogens with zero attached hydrogens (tertiary/aromatic N) is 3. The number of ether oxygens (including phenoxy) is 4. The van der Waals surface area contributed by atoms with Gasteiger partial charge in [-0.1, -0.05) is 86.1 Å². The highest BCUT2D eigenvalue weighted by atomic mass is 16.7. The van der Waals surface area contributed by atoms with Crippen molar-refractivity contribution in [2.24, 2.45) is 0 Å². The van der Waals surface area contributed by atoms with E-state index in [1.54, 1.807) is 0 Å². The van der Waals surface area contributed by atoms with E-state index < -0.39 is 0 Å². The third-order valence-corrected chi connectivity index (χ3v) is 8.44. The Labute approximate surface area is 269 Å². The van der Waals surface area contributed by atoms with Crippen molar-refractivity contribution in [3.63, 3.8) is 0 Å². The third-order valence-electron chi connectivity index (χ3n) is 8.44. The van der Waals surface area contributed by atoms with Gasteiger partial charge in [0.25, 0.3) is 0 Å². The lowest BCUT2D eigenvalue weighted by Gasteiger charge is -2.24. The third kappa shape index (κ3) is 6.29. The van der Waals surface area contributed by atoms with E-state index in [1.165, 1.54) is 0 Å². The van der Waals surface area contributed by atoms with Gasteiger partial charge in [0.05, 0.1) is 5.69 Å². The number of imidazole rings is 1. The van der Waals surface area contributed by atoms with Crippen molar-refractivity contribution in [3.8, 4) is 45.6 Å². The first-order valence-electron chi connectivity index (χ1n) is 15.9. The number of rotatable bonds is 12. The second-order valence-corrected chi connectivity index (χ2v) is 11.6.